The van der Waals surface area contributed by atoms with Crippen molar-refractivity contribution in [3.05, 3.63) is 131 Å². The molecule has 0 aliphatic carbocycles. The van der Waals surface area contributed by atoms with E-state index in [4.69, 9.17) is 0 Å². The summed E-state index contributed by atoms with van der Waals surface area (Å²) in [6.45, 7) is 34.8. The standard InChI is InChI=1S/2C27H37N2O6S2.Au.4Na.H2/c2*1-16(2)22-11-20(36(30,31)32)12-23(17(3)4)26(22)28-9-10-29(15-28)27-24(18(5)6)13-21(37(33,34)35)14-25(27)19(7)8;;;;;;/h2*9-19H,1-8H3,(H,30,31,32)(H,33,34,35);;;;;;1H/q;;;4*+1;/p-4. The second-order valence-corrected chi connectivity index (χ2v) is 26.8. The summed E-state index contributed by atoms with van der Waals surface area (Å²) in [6.07, 6.45) is 7.41. The minimum atomic E-state index is -4.64. The molecule has 2 aliphatic heterocycles. The molecule has 0 amide bonds. The molecule has 4 aromatic carbocycles. The number of hydrogen-bond donors (Lipinski definition) is 0. The molecule has 79 heavy (non-hydrogen) atoms. The molecule has 419 valence electrons. The zero-order chi connectivity index (χ0) is 56.1. The maximum absolute atomic E-state index is 11.9. The quantitative estimate of drug-likeness (QED) is 0.107. The largest absolute Gasteiger partial charge is 1.00 e. The topological polar surface area (TPSA) is 242 Å². The average Bonchev–Trinajstić information content (AvgIpc) is 3.97. The van der Waals surface area contributed by atoms with Gasteiger partial charge in [0.1, 0.15) is 40.5 Å². The number of hydrogen-bond acceptors (Lipinski definition) is 16. The van der Waals surface area contributed by atoms with Gasteiger partial charge in [-0.05, 0) is 140 Å². The van der Waals surface area contributed by atoms with Gasteiger partial charge in [-0.1, -0.05) is 111 Å². The van der Waals surface area contributed by atoms with Gasteiger partial charge in [0.05, 0.1) is 19.6 Å². The first-order chi connectivity index (χ1) is 33.9. The third-order valence-electron chi connectivity index (χ3n) is 13.0. The van der Waals surface area contributed by atoms with Crippen LogP contribution in [0, 0.1) is 13.3 Å². The SMILES string of the molecule is CC(C)c1cc(S(=O)(=O)[O-])cc(C(C)C)c1N1[CH]N(c2c(C(C)C)cc(S(=O)(=O)[O-])cc2C(C)C)C=C1.CC(C)c1cc(S(=O)(=O)[O-])cc(C(C)C)c1N1[CH]N(c2c(C(C)C)cc(S(=O)(=O)[O-])cc2C(C)C)C=C1.[Au].[HH].[Na+].[Na+].[Na+].[Na+]. The molecule has 16 nitrogen and oxygen atoms in total. The van der Waals surface area contributed by atoms with Gasteiger partial charge in [-0.15, -0.1) is 0 Å². The van der Waals surface area contributed by atoms with E-state index < -0.39 is 40.5 Å². The molecular formula is C54H72AuN4Na4O12S4. The third kappa shape index (κ3) is 19.0. The van der Waals surface area contributed by atoms with Gasteiger partial charge in [0, 0.05) is 71.4 Å². The molecule has 0 spiro atoms. The van der Waals surface area contributed by atoms with Crippen LogP contribution in [0.2, 0.25) is 0 Å². The van der Waals surface area contributed by atoms with E-state index in [0.29, 0.717) is 0 Å². The van der Waals surface area contributed by atoms with Crippen LogP contribution in [0.15, 0.2) is 92.9 Å². The monoisotopic (exact) mass is 1390 g/mol. The first-order valence-corrected chi connectivity index (χ1v) is 30.2. The van der Waals surface area contributed by atoms with Crippen molar-refractivity contribution in [1.82, 2.24) is 0 Å². The van der Waals surface area contributed by atoms with Gasteiger partial charge in [0.2, 0.25) is 0 Å². The summed E-state index contributed by atoms with van der Waals surface area (Å²) in [4.78, 5) is 6.61. The summed E-state index contributed by atoms with van der Waals surface area (Å²) < 4.78 is 143. The molecule has 3 radical (unpaired) electrons. The molecule has 6 rings (SSSR count). The average molecular weight is 1390 g/mol. The Bertz CT molecular complexity index is 2780. The van der Waals surface area contributed by atoms with Crippen LogP contribution in [0.4, 0.5) is 22.7 Å². The fraction of sp³-hybridized carbons (Fsp3) is 0.444. The third-order valence-corrected chi connectivity index (χ3v) is 16.3. The number of rotatable bonds is 16. The van der Waals surface area contributed by atoms with E-state index in [0.717, 1.165) is 67.3 Å². The molecule has 0 bridgehead atoms. The molecule has 0 unspecified atom stereocenters. The molecule has 0 fully saturated rings. The Morgan fingerprint density at radius 2 is 0.405 bits per heavy atom. The van der Waals surface area contributed by atoms with Crippen LogP contribution in [0.3, 0.4) is 0 Å². The molecule has 2 aliphatic rings. The predicted molar refractivity (Wildman–Crippen MR) is 289 cm³/mol. The summed E-state index contributed by atoms with van der Waals surface area (Å²) >= 11 is 0. The Balaban J connectivity index is 0. The van der Waals surface area contributed by atoms with Crippen molar-refractivity contribution in [3.63, 3.8) is 0 Å². The van der Waals surface area contributed by atoms with Crippen LogP contribution < -0.4 is 138 Å². The van der Waals surface area contributed by atoms with Gasteiger partial charge in [-0.2, -0.15) is 0 Å². The Kier molecular flexibility index (Phi) is 31.0. The maximum atomic E-state index is 11.9. The van der Waals surface area contributed by atoms with Crippen LogP contribution in [0.1, 0.15) is 204 Å². The Labute approximate surface area is 577 Å². The van der Waals surface area contributed by atoms with Crippen LogP contribution in [-0.4, -0.2) is 51.9 Å². The molecule has 25 heteroatoms. The van der Waals surface area contributed by atoms with Gasteiger partial charge >= 0.3 is 118 Å². The molecule has 0 atom stereocenters. The Hall–Kier alpha value is -0.0597. The molecular weight excluding hydrogens is 1310 g/mol. The van der Waals surface area contributed by atoms with E-state index in [1.54, 1.807) is 0 Å². The Morgan fingerprint density at radius 3 is 0.494 bits per heavy atom. The van der Waals surface area contributed by atoms with Crippen molar-refractivity contribution < 1.29 is 194 Å². The van der Waals surface area contributed by atoms with Crippen molar-refractivity contribution in [2.75, 3.05) is 19.6 Å². The van der Waals surface area contributed by atoms with Crippen molar-refractivity contribution >= 4 is 63.2 Å². The van der Waals surface area contributed by atoms with Crippen molar-refractivity contribution in [2.45, 2.75) is 178 Å². The fourth-order valence-electron chi connectivity index (χ4n) is 9.14. The van der Waals surface area contributed by atoms with Gasteiger partial charge in [-0.25, -0.2) is 33.7 Å². The number of benzene rings is 4. The maximum Gasteiger partial charge on any atom is 1.00 e. The first kappa shape index (κ1) is 78.9. The van der Waals surface area contributed by atoms with Crippen molar-refractivity contribution in [3.8, 4) is 0 Å². The second-order valence-electron chi connectivity index (χ2n) is 21.3. The van der Waals surface area contributed by atoms with Gasteiger partial charge in [0.15, 0.2) is 13.3 Å². The summed E-state index contributed by atoms with van der Waals surface area (Å²) in [5.74, 6) is -0.526. The number of anilines is 4. The first-order valence-electron chi connectivity index (χ1n) is 24.6. The van der Waals surface area contributed by atoms with Gasteiger partial charge in [0.25, 0.3) is 0 Å². The normalized spacial score (nSPS) is 13.8. The molecule has 2 heterocycles. The molecule has 0 saturated heterocycles. The zero-order valence-corrected chi connectivity index (χ0v) is 62.8. The summed E-state index contributed by atoms with van der Waals surface area (Å²) in [5, 5.41) is 0. The van der Waals surface area contributed by atoms with Crippen LogP contribution in [0.5, 0.6) is 0 Å². The Morgan fingerprint density at radius 1 is 0.291 bits per heavy atom. The second kappa shape index (κ2) is 31.0. The van der Waals surface area contributed by atoms with Gasteiger partial charge in [-0.3, -0.25) is 0 Å². The zero-order valence-electron chi connectivity index (χ0n) is 49.3. The molecule has 0 saturated carbocycles. The van der Waals surface area contributed by atoms with E-state index in [9.17, 15) is 51.9 Å². The number of nitrogens with zero attached hydrogens (tertiary/aromatic N) is 4. The van der Waals surface area contributed by atoms with E-state index in [-0.39, 0.29) is 209 Å². The summed E-state index contributed by atoms with van der Waals surface area (Å²) in [7, 11) is -18.5. The van der Waals surface area contributed by atoms with Crippen molar-refractivity contribution in [1.29, 1.82) is 0 Å². The van der Waals surface area contributed by atoms with Crippen LogP contribution in [0.25, 0.3) is 0 Å². The minimum Gasteiger partial charge on any atom is -0.744 e. The van der Waals surface area contributed by atoms with E-state index in [1.165, 1.54) is 48.5 Å². The van der Waals surface area contributed by atoms with Crippen molar-refractivity contribution in [2.24, 2.45) is 0 Å². The van der Waals surface area contributed by atoms with E-state index >= 15 is 0 Å². The summed E-state index contributed by atoms with van der Waals surface area (Å²) in [5.41, 5.74) is 9.00. The van der Waals surface area contributed by atoms with Gasteiger partial charge < -0.3 is 37.8 Å². The van der Waals surface area contributed by atoms with Crippen LogP contribution >= 0.6 is 0 Å². The predicted octanol–water partition coefficient (Wildman–Crippen LogP) is 0.0705. The molecule has 0 aromatic heterocycles. The summed E-state index contributed by atoms with van der Waals surface area (Å²) in [6, 6.07) is 11.6. The van der Waals surface area contributed by atoms with Crippen LogP contribution in [-0.2, 0) is 62.9 Å². The minimum absolute atomic E-state index is 0. The van der Waals surface area contributed by atoms with E-state index in [1.807, 2.05) is 169 Å². The molecule has 0 N–H and O–H groups in total. The molecule has 4 aromatic rings. The smallest absolute Gasteiger partial charge is 0.744 e. The fourth-order valence-corrected chi connectivity index (χ4v) is 11.3. The van der Waals surface area contributed by atoms with E-state index in [2.05, 4.69) is 0 Å².